The van der Waals surface area contributed by atoms with Crippen LogP contribution in [0.25, 0.3) is 0 Å². The Hall–Kier alpha value is -0.0800. The van der Waals surface area contributed by atoms with Crippen LogP contribution in [0.5, 0.6) is 0 Å². The van der Waals surface area contributed by atoms with Crippen LogP contribution in [0.3, 0.4) is 0 Å². The highest BCUT2D eigenvalue weighted by Crippen LogP contribution is 2.28. The van der Waals surface area contributed by atoms with E-state index in [1.807, 2.05) is 0 Å². The maximum Gasteiger partial charge on any atom is 0.168 e. The summed E-state index contributed by atoms with van der Waals surface area (Å²) in [6.45, 7) is 6.12. The summed E-state index contributed by atoms with van der Waals surface area (Å²) >= 11 is 0. The molecule has 0 N–H and O–H groups in total. The molecule has 1 saturated heterocycles. The minimum atomic E-state index is -0.229. The average Bonchev–Trinajstić information content (AvgIpc) is 2.20. The van der Waals surface area contributed by atoms with Crippen molar-refractivity contribution in [1.29, 1.82) is 0 Å². The fourth-order valence-electron chi connectivity index (χ4n) is 1.79. The predicted molar refractivity (Wildman–Crippen MR) is 53.7 cm³/mol. The highest BCUT2D eigenvalue weighted by atomic mass is 16.7. The van der Waals surface area contributed by atoms with Gasteiger partial charge in [0, 0.05) is 6.42 Å². The van der Waals surface area contributed by atoms with Crippen molar-refractivity contribution in [3.05, 3.63) is 0 Å². The minimum Gasteiger partial charge on any atom is -0.350 e. The van der Waals surface area contributed by atoms with Gasteiger partial charge in [-0.3, -0.25) is 0 Å². The zero-order valence-corrected chi connectivity index (χ0v) is 8.97. The molecule has 0 aliphatic carbocycles. The Morgan fingerprint density at radius 3 is 2.31 bits per heavy atom. The lowest BCUT2D eigenvalue weighted by molar-refractivity contribution is -0.271. The monoisotopic (exact) mass is 186 g/mol. The third-order valence-corrected chi connectivity index (χ3v) is 2.72. The Morgan fingerprint density at radius 2 is 1.77 bits per heavy atom. The molecule has 1 aliphatic heterocycles. The molecule has 0 unspecified atom stereocenters. The number of hydrogen-bond donors (Lipinski definition) is 0. The van der Waals surface area contributed by atoms with Gasteiger partial charge in [-0.15, -0.1) is 0 Å². The molecule has 2 heteroatoms. The van der Waals surface area contributed by atoms with Crippen LogP contribution in [-0.2, 0) is 9.47 Å². The van der Waals surface area contributed by atoms with E-state index in [1.165, 1.54) is 19.3 Å². The Labute approximate surface area is 81.6 Å². The smallest absolute Gasteiger partial charge is 0.168 e. The topological polar surface area (TPSA) is 18.5 Å². The first-order valence-electron chi connectivity index (χ1n) is 5.61. The van der Waals surface area contributed by atoms with Gasteiger partial charge in [0.05, 0.1) is 13.2 Å². The van der Waals surface area contributed by atoms with Crippen molar-refractivity contribution in [2.45, 2.75) is 58.2 Å². The van der Waals surface area contributed by atoms with E-state index in [-0.39, 0.29) is 5.79 Å². The summed E-state index contributed by atoms with van der Waals surface area (Å²) in [5.74, 6) is -0.229. The van der Waals surface area contributed by atoms with E-state index in [9.17, 15) is 0 Å². The van der Waals surface area contributed by atoms with Gasteiger partial charge in [0.25, 0.3) is 0 Å². The van der Waals surface area contributed by atoms with Crippen LogP contribution in [0.4, 0.5) is 0 Å². The molecule has 0 amide bonds. The van der Waals surface area contributed by atoms with Crippen molar-refractivity contribution < 1.29 is 9.47 Å². The third kappa shape index (κ3) is 3.28. The maximum absolute atomic E-state index is 5.74. The molecule has 0 aromatic rings. The summed E-state index contributed by atoms with van der Waals surface area (Å²) in [4.78, 5) is 0. The fourth-order valence-corrected chi connectivity index (χ4v) is 1.79. The second-order valence-electron chi connectivity index (χ2n) is 3.77. The van der Waals surface area contributed by atoms with Gasteiger partial charge < -0.3 is 9.47 Å². The molecule has 0 atom stereocenters. The lowest BCUT2D eigenvalue weighted by Gasteiger charge is -2.36. The highest BCUT2D eigenvalue weighted by Gasteiger charge is 2.31. The van der Waals surface area contributed by atoms with Crippen LogP contribution in [0, 0.1) is 0 Å². The van der Waals surface area contributed by atoms with E-state index >= 15 is 0 Å². The molecule has 13 heavy (non-hydrogen) atoms. The van der Waals surface area contributed by atoms with Crippen molar-refractivity contribution in [3.63, 3.8) is 0 Å². The molecule has 78 valence electrons. The van der Waals surface area contributed by atoms with Crippen LogP contribution >= 0.6 is 0 Å². The largest absolute Gasteiger partial charge is 0.350 e. The van der Waals surface area contributed by atoms with Crippen LogP contribution in [-0.4, -0.2) is 19.0 Å². The van der Waals surface area contributed by atoms with E-state index in [0.29, 0.717) is 0 Å². The molecule has 1 heterocycles. The summed E-state index contributed by atoms with van der Waals surface area (Å²) < 4.78 is 11.5. The van der Waals surface area contributed by atoms with Crippen LogP contribution in [0.15, 0.2) is 0 Å². The van der Waals surface area contributed by atoms with Gasteiger partial charge in [0.1, 0.15) is 0 Å². The third-order valence-electron chi connectivity index (χ3n) is 2.72. The van der Waals surface area contributed by atoms with Gasteiger partial charge >= 0.3 is 0 Å². The molecule has 0 aromatic heterocycles. The molecule has 1 aliphatic rings. The Bertz CT molecular complexity index is 128. The van der Waals surface area contributed by atoms with E-state index in [4.69, 9.17) is 9.47 Å². The van der Waals surface area contributed by atoms with Crippen molar-refractivity contribution in [1.82, 2.24) is 0 Å². The second kappa shape index (κ2) is 5.61. The quantitative estimate of drug-likeness (QED) is 0.614. The van der Waals surface area contributed by atoms with Crippen LogP contribution in [0.2, 0.25) is 0 Å². The molecule has 0 saturated carbocycles. The average molecular weight is 186 g/mol. The van der Waals surface area contributed by atoms with Gasteiger partial charge in [-0.1, -0.05) is 26.7 Å². The lowest BCUT2D eigenvalue weighted by atomic mass is 10.0. The van der Waals surface area contributed by atoms with Crippen molar-refractivity contribution in [3.8, 4) is 0 Å². The Morgan fingerprint density at radius 1 is 1.08 bits per heavy atom. The first kappa shape index (κ1) is 11.0. The van der Waals surface area contributed by atoms with Crippen molar-refractivity contribution >= 4 is 0 Å². The molecule has 1 fully saturated rings. The molecule has 0 spiro atoms. The van der Waals surface area contributed by atoms with Crippen LogP contribution in [0.1, 0.15) is 52.4 Å². The Kier molecular flexibility index (Phi) is 4.74. The molecule has 0 aromatic carbocycles. The highest BCUT2D eigenvalue weighted by molar-refractivity contribution is 4.71. The second-order valence-corrected chi connectivity index (χ2v) is 3.77. The minimum absolute atomic E-state index is 0.229. The van der Waals surface area contributed by atoms with Crippen molar-refractivity contribution in [2.75, 3.05) is 13.2 Å². The van der Waals surface area contributed by atoms with Gasteiger partial charge in [-0.25, -0.2) is 0 Å². The summed E-state index contributed by atoms with van der Waals surface area (Å²) in [6, 6.07) is 0. The standard InChI is InChI=1S/C11H22O2/c1-3-5-6-8-11(4-2)12-9-7-10-13-11/h3-10H2,1-2H3. The fraction of sp³-hybridized carbons (Fsp3) is 1.00. The zero-order valence-electron chi connectivity index (χ0n) is 8.97. The first-order valence-corrected chi connectivity index (χ1v) is 5.61. The summed E-state index contributed by atoms with van der Waals surface area (Å²) in [7, 11) is 0. The SMILES string of the molecule is CCCCCC1(CC)OCCCO1. The lowest BCUT2D eigenvalue weighted by Crippen LogP contribution is -2.39. The summed E-state index contributed by atoms with van der Waals surface area (Å²) in [5.41, 5.74) is 0. The van der Waals surface area contributed by atoms with E-state index in [0.717, 1.165) is 32.5 Å². The summed E-state index contributed by atoms with van der Waals surface area (Å²) in [6.07, 6.45) is 6.88. The summed E-state index contributed by atoms with van der Waals surface area (Å²) in [5, 5.41) is 0. The molecule has 0 bridgehead atoms. The van der Waals surface area contributed by atoms with Crippen molar-refractivity contribution in [2.24, 2.45) is 0 Å². The number of rotatable bonds is 5. The maximum atomic E-state index is 5.74. The van der Waals surface area contributed by atoms with Gasteiger partial charge in [0.15, 0.2) is 5.79 Å². The van der Waals surface area contributed by atoms with Crippen LogP contribution < -0.4 is 0 Å². The number of ether oxygens (including phenoxy) is 2. The molecule has 2 nitrogen and oxygen atoms in total. The van der Waals surface area contributed by atoms with Gasteiger partial charge in [-0.2, -0.15) is 0 Å². The first-order chi connectivity index (χ1) is 6.33. The predicted octanol–water partition coefficient (Wildman–Crippen LogP) is 3.11. The molecule has 0 radical (unpaired) electrons. The van der Waals surface area contributed by atoms with Gasteiger partial charge in [0.2, 0.25) is 0 Å². The molecular formula is C11H22O2. The van der Waals surface area contributed by atoms with E-state index < -0.39 is 0 Å². The van der Waals surface area contributed by atoms with Gasteiger partial charge in [-0.05, 0) is 19.3 Å². The normalized spacial score (nSPS) is 21.7. The Balaban J connectivity index is 2.29. The molecular weight excluding hydrogens is 164 g/mol. The number of unbranched alkanes of at least 4 members (excludes halogenated alkanes) is 2. The van der Waals surface area contributed by atoms with E-state index in [1.54, 1.807) is 0 Å². The van der Waals surface area contributed by atoms with E-state index in [2.05, 4.69) is 13.8 Å². The number of hydrogen-bond acceptors (Lipinski definition) is 2. The molecule has 1 rings (SSSR count). The zero-order chi connectivity index (χ0) is 9.57.